The number of likely N-dealkylation sites (N-methyl/N-ethyl adjacent to an activating group) is 1. The van der Waals surface area contributed by atoms with Crippen LogP contribution in [0.2, 0.25) is 0 Å². The molecule has 7 heteroatoms. The van der Waals surface area contributed by atoms with E-state index in [9.17, 15) is 12.8 Å². The Bertz CT molecular complexity index is 687. The van der Waals surface area contributed by atoms with Gasteiger partial charge in [-0.3, -0.25) is 4.90 Å². The number of hydrogen-bond acceptors (Lipinski definition) is 4. The fourth-order valence-electron chi connectivity index (χ4n) is 4.10. The molecular weight excluding hydrogens is 331 g/mol. The Morgan fingerprint density at radius 1 is 1.29 bits per heavy atom. The first-order valence-electron chi connectivity index (χ1n) is 8.37. The quantitative estimate of drug-likeness (QED) is 0.829. The van der Waals surface area contributed by atoms with Crippen molar-refractivity contribution in [2.45, 2.75) is 42.2 Å². The van der Waals surface area contributed by atoms with Crippen molar-refractivity contribution in [3.63, 3.8) is 0 Å². The number of likely N-dealkylation sites (tertiary alicyclic amines) is 1. The van der Waals surface area contributed by atoms with Crippen LogP contribution in [0.15, 0.2) is 29.2 Å². The molecule has 134 valence electrons. The Balaban J connectivity index is 1.71. The molecule has 1 spiro atoms. The predicted molar refractivity (Wildman–Crippen MR) is 89.8 cm³/mol. The van der Waals surface area contributed by atoms with Gasteiger partial charge in [-0.25, -0.2) is 12.8 Å². The summed E-state index contributed by atoms with van der Waals surface area (Å²) >= 11 is 0. The topological polar surface area (TPSA) is 49.9 Å². The van der Waals surface area contributed by atoms with Gasteiger partial charge in [0.05, 0.1) is 11.5 Å². The van der Waals surface area contributed by atoms with Crippen molar-refractivity contribution in [1.82, 2.24) is 9.21 Å². The second-order valence-corrected chi connectivity index (χ2v) is 8.78. The lowest BCUT2D eigenvalue weighted by atomic mass is 9.86. The number of sulfonamides is 1. The maximum Gasteiger partial charge on any atom is 0.243 e. The first-order valence-corrected chi connectivity index (χ1v) is 9.81. The van der Waals surface area contributed by atoms with Crippen LogP contribution in [0.3, 0.4) is 0 Å². The molecule has 24 heavy (non-hydrogen) atoms. The lowest BCUT2D eigenvalue weighted by Gasteiger charge is -2.44. The second-order valence-electron chi connectivity index (χ2n) is 6.84. The first kappa shape index (κ1) is 17.8. The molecule has 2 aliphatic heterocycles. The largest absolute Gasteiger partial charge is 0.383 e. The number of rotatable bonds is 4. The molecule has 2 heterocycles. The van der Waals surface area contributed by atoms with Crippen LogP contribution in [0.25, 0.3) is 0 Å². The normalized spacial score (nSPS) is 25.4. The van der Waals surface area contributed by atoms with Crippen LogP contribution in [0.5, 0.6) is 0 Å². The van der Waals surface area contributed by atoms with Crippen molar-refractivity contribution in [2.75, 3.05) is 33.9 Å². The van der Waals surface area contributed by atoms with Gasteiger partial charge in [-0.15, -0.1) is 0 Å². The molecule has 2 aliphatic rings. The predicted octanol–water partition coefficient (Wildman–Crippen LogP) is 2.09. The highest BCUT2D eigenvalue weighted by Gasteiger charge is 2.47. The standard InChI is InChI=1S/C17H25FN2O3S/c1-19-15(13-23-2)6-7-17(19)8-10-20(11-9-17)24(21,22)16-5-3-4-14(18)12-16/h3-5,12,15H,6-11,13H2,1-2H3/t15-/m1/s1. The van der Waals surface area contributed by atoms with Crippen LogP contribution in [0.4, 0.5) is 4.39 Å². The summed E-state index contributed by atoms with van der Waals surface area (Å²) < 4.78 is 45.6. The van der Waals surface area contributed by atoms with E-state index in [2.05, 4.69) is 11.9 Å². The van der Waals surface area contributed by atoms with E-state index in [4.69, 9.17) is 4.74 Å². The second kappa shape index (κ2) is 6.71. The molecule has 2 saturated heterocycles. The number of piperidine rings is 1. The van der Waals surface area contributed by atoms with Gasteiger partial charge in [0, 0.05) is 31.8 Å². The highest BCUT2D eigenvalue weighted by Crippen LogP contribution is 2.41. The van der Waals surface area contributed by atoms with E-state index in [1.807, 2.05) is 0 Å². The molecule has 3 rings (SSSR count). The van der Waals surface area contributed by atoms with Crippen LogP contribution >= 0.6 is 0 Å². The molecule has 0 bridgehead atoms. The van der Waals surface area contributed by atoms with Crippen LogP contribution in [0.1, 0.15) is 25.7 Å². The van der Waals surface area contributed by atoms with Crippen molar-refractivity contribution < 1.29 is 17.5 Å². The van der Waals surface area contributed by atoms with Crippen molar-refractivity contribution >= 4 is 10.0 Å². The van der Waals surface area contributed by atoms with Gasteiger partial charge in [0.15, 0.2) is 0 Å². The van der Waals surface area contributed by atoms with E-state index in [1.165, 1.54) is 22.5 Å². The molecule has 0 N–H and O–H groups in total. The summed E-state index contributed by atoms with van der Waals surface area (Å²) in [5.41, 5.74) is 0.0666. The third-order valence-electron chi connectivity index (χ3n) is 5.68. The van der Waals surface area contributed by atoms with E-state index in [0.29, 0.717) is 25.7 Å². The molecule has 5 nitrogen and oxygen atoms in total. The zero-order valence-corrected chi connectivity index (χ0v) is 15.1. The number of benzene rings is 1. The van der Waals surface area contributed by atoms with Crippen LogP contribution < -0.4 is 0 Å². The minimum Gasteiger partial charge on any atom is -0.383 e. The molecule has 0 radical (unpaired) electrons. The Morgan fingerprint density at radius 3 is 2.62 bits per heavy atom. The smallest absolute Gasteiger partial charge is 0.243 e. The van der Waals surface area contributed by atoms with Crippen molar-refractivity contribution in [2.24, 2.45) is 0 Å². The minimum absolute atomic E-state index is 0.0375. The van der Waals surface area contributed by atoms with Gasteiger partial charge >= 0.3 is 0 Å². The zero-order chi connectivity index (χ0) is 17.4. The minimum atomic E-state index is -3.62. The maximum atomic E-state index is 13.4. The molecule has 1 aromatic carbocycles. The fraction of sp³-hybridized carbons (Fsp3) is 0.647. The Morgan fingerprint density at radius 2 is 2.00 bits per heavy atom. The SMILES string of the molecule is COC[C@H]1CCC2(CCN(S(=O)(=O)c3cccc(F)c3)CC2)N1C. The molecule has 0 aromatic heterocycles. The average molecular weight is 356 g/mol. The molecule has 0 aliphatic carbocycles. The third-order valence-corrected chi connectivity index (χ3v) is 7.58. The van der Waals surface area contributed by atoms with Crippen molar-refractivity contribution in [1.29, 1.82) is 0 Å². The van der Waals surface area contributed by atoms with Gasteiger partial charge in [0.1, 0.15) is 5.82 Å². The summed E-state index contributed by atoms with van der Waals surface area (Å²) in [7, 11) is 0.212. The number of methoxy groups -OCH3 is 1. The maximum absolute atomic E-state index is 13.4. The first-order chi connectivity index (χ1) is 11.4. The number of ether oxygens (including phenoxy) is 1. The van der Waals surface area contributed by atoms with Gasteiger partial charge in [-0.05, 0) is 50.9 Å². The summed E-state index contributed by atoms with van der Waals surface area (Å²) in [6.07, 6.45) is 3.77. The van der Waals surface area contributed by atoms with Crippen LogP contribution in [0, 0.1) is 5.82 Å². The highest BCUT2D eigenvalue weighted by molar-refractivity contribution is 7.89. The third kappa shape index (κ3) is 3.10. The molecule has 0 amide bonds. The van der Waals surface area contributed by atoms with Gasteiger partial charge in [0.25, 0.3) is 0 Å². The molecule has 1 aromatic rings. The van der Waals surface area contributed by atoms with E-state index >= 15 is 0 Å². The Kier molecular flexibility index (Phi) is 4.97. The summed E-state index contributed by atoms with van der Waals surface area (Å²) in [5, 5.41) is 0. The van der Waals surface area contributed by atoms with Gasteiger partial charge in [0.2, 0.25) is 10.0 Å². The summed E-state index contributed by atoms with van der Waals surface area (Å²) in [6, 6.07) is 5.65. The highest BCUT2D eigenvalue weighted by atomic mass is 32.2. The van der Waals surface area contributed by atoms with E-state index in [-0.39, 0.29) is 10.4 Å². The fourth-order valence-corrected chi connectivity index (χ4v) is 5.58. The Hall–Kier alpha value is -1.02. The summed E-state index contributed by atoms with van der Waals surface area (Å²) in [4.78, 5) is 2.42. The average Bonchev–Trinajstić information content (AvgIpc) is 2.85. The lowest BCUT2D eigenvalue weighted by Crippen LogP contribution is -2.53. The van der Waals surface area contributed by atoms with Gasteiger partial charge < -0.3 is 4.74 Å². The van der Waals surface area contributed by atoms with E-state index in [1.54, 1.807) is 7.11 Å². The molecule has 0 unspecified atom stereocenters. The molecule has 1 atom stereocenters. The van der Waals surface area contributed by atoms with E-state index in [0.717, 1.165) is 31.7 Å². The summed E-state index contributed by atoms with van der Waals surface area (Å²) in [5.74, 6) is -0.525. The zero-order valence-electron chi connectivity index (χ0n) is 14.2. The van der Waals surface area contributed by atoms with Gasteiger partial charge in [-0.2, -0.15) is 4.31 Å². The van der Waals surface area contributed by atoms with Crippen LogP contribution in [-0.4, -0.2) is 63.1 Å². The summed E-state index contributed by atoms with van der Waals surface area (Å²) in [6.45, 7) is 1.66. The molecule has 0 saturated carbocycles. The van der Waals surface area contributed by atoms with Gasteiger partial charge in [-0.1, -0.05) is 6.07 Å². The van der Waals surface area contributed by atoms with Crippen molar-refractivity contribution in [3.05, 3.63) is 30.1 Å². The van der Waals surface area contributed by atoms with E-state index < -0.39 is 15.8 Å². The Labute approximate surface area is 143 Å². The molecule has 2 fully saturated rings. The molecular formula is C17H25FN2O3S. The van der Waals surface area contributed by atoms with Crippen LogP contribution in [-0.2, 0) is 14.8 Å². The monoisotopic (exact) mass is 356 g/mol. The van der Waals surface area contributed by atoms with Crippen molar-refractivity contribution in [3.8, 4) is 0 Å². The lowest BCUT2D eigenvalue weighted by molar-refractivity contribution is 0.0454. The number of hydrogen-bond donors (Lipinski definition) is 0. The number of nitrogens with zero attached hydrogens (tertiary/aromatic N) is 2. The number of halogens is 1.